The lowest BCUT2D eigenvalue weighted by molar-refractivity contribution is -0.127. The minimum atomic E-state index is -0.0423. The number of amides is 1. The molecule has 1 unspecified atom stereocenters. The predicted molar refractivity (Wildman–Crippen MR) is 101 cm³/mol. The van der Waals surface area contributed by atoms with E-state index in [1.807, 2.05) is 27.7 Å². The van der Waals surface area contributed by atoms with E-state index in [4.69, 9.17) is 0 Å². The molecule has 9 heteroatoms. The van der Waals surface area contributed by atoms with Crippen LogP contribution in [0.4, 0.5) is 0 Å². The number of guanidine groups is 1. The van der Waals surface area contributed by atoms with Crippen molar-refractivity contribution in [2.75, 3.05) is 20.6 Å². The number of nitrogens with zero attached hydrogens (tertiary/aromatic N) is 4. The summed E-state index contributed by atoms with van der Waals surface area (Å²) in [4.78, 5) is 17.5. The van der Waals surface area contributed by atoms with Crippen LogP contribution in [-0.2, 0) is 4.79 Å². The van der Waals surface area contributed by atoms with E-state index in [1.165, 1.54) is 4.90 Å². The molecule has 0 aliphatic heterocycles. The van der Waals surface area contributed by atoms with Crippen molar-refractivity contribution >= 4 is 47.2 Å². The SMILES string of the molecule is Cc1nnc(C(C)NC(=NCC(=O)N(C)C)NC(C)C)s1.I. The second-order valence-corrected chi connectivity index (χ2v) is 6.49. The van der Waals surface area contributed by atoms with Gasteiger partial charge in [0.25, 0.3) is 0 Å². The molecule has 0 aromatic carbocycles. The average Bonchev–Trinajstić information content (AvgIpc) is 2.81. The molecular formula is C13H25IN6OS. The van der Waals surface area contributed by atoms with Gasteiger partial charge in [0.1, 0.15) is 16.6 Å². The van der Waals surface area contributed by atoms with Crippen LogP contribution >= 0.6 is 35.3 Å². The summed E-state index contributed by atoms with van der Waals surface area (Å²) in [6.07, 6.45) is 0. The molecule has 126 valence electrons. The largest absolute Gasteiger partial charge is 0.354 e. The van der Waals surface area contributed by atoms with Gasteiger partial charge < -0.3 is 15.5 Å². The molecule has 1 aromatic rings. The van der Waals surface area contributed by atoms with Crippen LogP contribution in [0.3, 0.4) is 0 Å². The van der Waals surface area contributed by atoms with Gasteiger partial charge >= 0.3 is 0 Å². The van der Waals surface area contributed by atoms with E-state index in [0.717, 1.165) is 10.0 Å². The minimum absolute atomic E-state index is 0. The molecule has 7 nitrogen and oxygen atoms in total. The third-order valence-corrected chi connectivity index (χ3v) is 3.58. The first-order valence-corrected chi connectivity index (χ1v) is 7.69. The Bertz CT molecular complexity index is 502. The summed E-state index contributed by atoms with van der Waals surface area (Å²) in [6.45, 7) is 8.06. The number of carbonyl (C=O) groups excluding carboxylic acids is 1. The van der Waals surface area contributed by atoms with E-state index in [0.29, 0.717) is 5.96 Å². The first kappa shape index (κ1) is 21.0. The van der Waals surface area contributed by atoms with Gasteiger partial charge in [-0.15, -0.1) is 34.2 Å². The molecule has 22 heavy (non-hydrogen) atoms. The Kier molecular flexibility index (Phi) is 9.49. The number of likely N-dealkylation sites (N-methyl/N-ethyl adjacent to an activating group) is 1. The number of rotatable bonds is 5. The Balaban J connectivity index is 0.00000441. The van der Waals surface area contributed by atoms with Crippen LogP contribution in [0.2, 0.25) is 0 Å². The first-order valence-electron chi connectivity index (χ1n) is 6.87. The van der Waals surface area contributed by atoms with Gasteiger partial charge in [-0.3, -0.25) is 4.79 Å². The fraction of sp³-hybridized carbons (Fsp3) is 0.692. The number of aromatic nitrogens is 2. The smallest absolute Gasteiger partial charge is 0.243 e. The van der Waals surface area contributed by atoms with Crippen LogP contribution in [0.1, 0.15) is 36.8 Å². The molecule has 1 rings (SSSR count). The molecule has 1 atom stereocenters. The second kappa shape index (κ2) is 9.93. The third-order valence-electron chi connectivity index (χ3n) is 2.56. The monoisotopic (exact) mass is 440 g/mol. The highest BCUT2D eigenvalue weighted by atomic mass is 127. The van der Waals surface area contributed by atoms with Crippen LogP contribution in [0.15, 0.2) is 4.99 Å². The van der Waals surface area contributed by atoms with Crippen molar-refractivity contribution < 1.29 is 4.79 Å². The highest BCUT2D eigenvalue weighted by Crippen LogP contribution is 2.16. The maximum absolute atomic E-state index is 11.6. The average molecular weight is 440 g/mol. The van der Waals surface area contributed by atoms with E-state index in [1.54, 1.807) is 25.4 Å². The molecule has 0 fully saturated rings. The van der Waals surface area contributed by atoms with Crippen molar-refractivity contribution in [3.8, 4) is 0 Å². The third kappa shape index (κ3) is 7.34. The first-order chi connectivity index (χ1) is 9.79. The Morgan fingerprint density at radius 3 is 2.36 bits per heavy atom. The highest BCUT2D eigenvalue weighted by Gasteiger charge is 2.13. The molecule has 0 saturated carbocycles. The summed E-state index contributed by atoms with van der Waals surface area (Å²) < 4.78 is 0. The van der Waals surface area contributed by atoms with Crippen molar-refractivity contribution in [2.45, 2.75) is 39.8 Å². The Morgan fingerprint density at radius 2 is 1.91 bits per heavy atom. The quantitative estimate of drug-likeness (QED) is 0.413. The van der Waals surface area contributed by atoms with Gasteiger partial charge in [-0.1, -0.05) is 11.3 Å². The van der Waals surface area contributed by atoms with Gasteiger partial charge in [0.15, 0.2) is 5.96 Å². The summed E-state index contributed by atoms with van der Waals surface area (Å²) >= 11 is 1.54. The number of hydrogen-bond donors (Lipinski definition) is 2. The second-order valence-electron chi connectivity index (χ2n) is 5.28. The van der Waals surface area contributed by atoms with Gasteiger partial charge in [0.05, 0.1) is 6.04 Å². The van der Waals surface area contributed by atoms with Crippen LogP contribution < -0.4 is 10.6 Å². The minimum Gasteiger partial charge on any atom is -0.354 e. The summed E-state index contributed by atoms with van der Waals surface area (Å²) in [6, 6.07) is 0.199. The molecular weight excluding hydrogens is 415 g/mol. The molecule has 0 spiro atoms. The van der Waals surface area contributed by atoms with Gasteiger partial charge in [0.2, 0.25) is 5.91 Å². The maximum atomic E-state index is 11.6. The zero-order valence-corrected chi connectivity index (χ0v) is 17.0. The predicted octanol–water partition coefficient (Wildman–Crippen LogP) is 1.56. The standard InChI is InChI=1S/C13H24N6OS.HI/c1-8(2)15-13(14-7-11(20)19(5)6)16-9(3)12-18-17-10(4)21-12;/h8-9H,7H2,1-6H3,(H2,14,15,16);1H. The normalized spacial score (nSPS) is 12.6. The lowest BCUT2D eigenvalue weighted by Crippen LogP contribution is -2.43. The molecule has 1 amide bonds. The zero-order valence-electron chi connectivity index (χ0n) is 13.9. The van der Waals surface area contributed by atoms with E-state index >= 15 is 0 Å². The van der Waals surface area contributed by atoms with E-state index in [9.17, 15) is 4.79 Å². The summed E-state index contributed by atoms with van der Waals surface area (Å²) in [5.41, 5.74) is 0. The Labute approximate surface area is 153 Å². The van der Waals surface area contributed by atoms with Gasteiger partial charge in [-0.05, 0) is 27.7 Å². The number of aryl methyl sites for hydroxylation is 1. The van der Waals surface area contributed by atoms with Crippen LogP contribution in [0, 0.1) is 6.92 Å². The van der Waals surface area contributed by atoms with Crippen LogP contribution in [0.25, 0.3) is 0 Å². The molecule has 0 aliphatic carbocycles. The van der Waals surface area contributed by atoms with Crippen LogP contribution in [-0.4, -0.2) is 53.6 Å². The zero-order chi connectivity index (χ0) is 16.0. The van der Waals surface area contributed by atoms with E-state index < -0.39 is 0 Å². The van der Waals surface area contributed by atoms with Gasteiger partial charge in [-0.2, -0.15) is 0 Å². The fourth-order valence-corrected chi connectivity index (χ4v) is 2.15. The fourth-order valence-electron chi connectivity index (χ4n) is 1.45. The van der Waals surface area contributed by atoms with Crippen LogP contribution in [0.5, 0.6) is 0 Å². The molecule has 0 radical (unpaired) electrons. The summed E-state index contributed by atoms with van der Waals surface area (Å²) in [5.74, 6) is 0.555. The van der Waals surface area contributed by atoms with Gasteiger partial charge in [0, 0.05) is 20.1 Å². The number of nitrogens with one attached hydrogen (secondary N) is 2. The number of aliphatic imine (C=N–C) groups is 1. The lowest BCUT2D eigenvalue weighted by atomic mass is 10.3. The number of halogens is 1. The van der Waals surface area contributed by atoms with Crippen molar-refractivity contribution in [1.82, 2.24) is 25.7 Å². The number of hydrogen-bond acceptors (Lipinski definition) is 5. The van der Waals surface area contributed by atoms with Gasteiger partial charge in [-0.25, -0.2) is 4.99 Å². The Morgan fingerprint density at radius 1 is 1.27 bits per heavy atom. The molecule has 2 N–H and O–H groups in total. The summed E-state index contributed by atoms with van der Waals surface area (Å²) in [5, 5.41) is 16.4. The highest BCUT2D eigenvalue weighted by molar-refractivity contribution is 14.0. The maximum Gasteiger partial charge on any atom is 0.243 e. The molecule has 0 bridgehead atoms. The van der Waals surface area contributed by atoms with Crippen molar-refractivity contribution in [3.05, 3.63) is 10.0 Å². The van der Waals surface area contributed by atoms with Crippen molar-refractivity contribution in [3.63, 3.8) is 0 Å². The van der Waals surface area contributed by atoms with Crippen molar-refractivity contribution in [1.29, 1.82) is 0 Å². The topological polar surface area (TPSA) is 82.5 Å². The molecule has 0 saturated heterocycles. The molecule has 0 aliphatic rings. The molecule has 1 aromatic heterocycles. The lowest BCUT2D eigenvalue weighted by Gasteiger charge is -2.18. The van der Waals surface area contributed by atoms with Crippen molar-refractivity contribution in [2.24, 2.45) is 4.99 Å². The Hall–Kier alpha value is -0.970. The molecule has 1 heterocycles. The van der Waals surface area contributed by atoms with E-state index in [-0.39, 0.29) is 48.5 Å². The van der Waals surface area contributed by atoms with E-state index in [2.05, 4.69) is 25.8 Å². The number of carbonyl (C=O) groups is 1. The summed E-state index contributed by atoms with van der Waals surface area (Å²) in [7, 11) is 3.43.